The molecule has 0 saturated carbocycles. The lowest BCUT2D eigenvalue weighted by Crippen LogP contribution is -1.99. The lowest BCUT2D eigenvalue weighted by molar-refractivity contribution is -0.136. The fourth-order valence-electron chi connectivity index (χ4n) is 1.76. The molecular formula is C23H34O4. The first kappa shape index (κ1) is 26.9. The van der Waals surface area contributed by atoms with Crippen LogP contribution in [0.3, 0.4) is 0 Å². The van der Waals surface area contributed by atoms with Gasteiger partial charge in [0.25, 0.3) is 0 Å². The van der Waals surface area contributed by atoms with Crippen molar-refractivity contribution in [2.45, 2.75) is 65.1 Å². The Labute approximate surface area is 164 Å². The van der Waals surface area contributed by atoms with Gasteiger partial charge in [-0.05, 0) is 19.3 Å². The molecule has 0 aliphatic heterocycles. The fraction of sp³-hybridized carbons (Fsp3) is 0.435. The van der Waals surface area contributed by atoms with Gasteiger partial charge < -0.3 is 15.3 Å². The Morgan fingerprint density at radius 2 is 1.56 bits per heavy atom. The van der Waals surface area contributed by atoms with Gasteiger partial charge in [-0.1, -0.05) is 75.1 Å². The van der Waals surface area contributed by atoms with E-state index in [1.54, 1.807) is 18.2 Å². The standard InChI is InChI=1S/C22H30O4.CH4/c1-2-3-10-15-20(23)16-11-7-5-4-6-8-12-17-21(24)18-13-9-14-19-22(25)26;/h3,5-8,10-12,16-17,20-21,23-24H,2,4,14-15,18-19H2,1H3,(H,25,26);1H4/b7-5-,8-6-,10-3-,16-11+,17-12+;/t20-,21?;/m0./s1. The predicted molar refractivity (Wildman–Crippen MR) is 113 cm³/mol. The molecule has 0 spiro atoms. The van der Waals surface area contributed by atoms with Crippen LogP contribution >= 0.6 is 0 Å². The van der Waals surface area contributed by atoms with E-state index in [-0.39, 0.29) is 13.8 Å². The molecule has 0 fully saturated rings. The van der Waals surface area contributed by atoms with Crippen LogP contribution in [0.15, 0.2) is 60.8 Å². The zero-order valence-corrected chi connectivity index (χ0v) is 15.4. The number of carboxylic acids is 1. The van der Waals surface area contributed by atoms with Crippen molar-refractivity contribution < 1.29 is 20.1 Å². The molecule has 150 valence electrons. The van der Waals surface area contributed by atoms with Gasteiger partial charge in [-0.25, -0.2) is 0 Å². The van der Waals surface area contributed by atoms with Crippen molar-refractivity contribution in [3.63, 3.8) is 0 Å². The topological polar surface area (TPSA) is 77.8 Å². The number of aliphatic hydroxyl groups is 2. The first-order valence-electron chi connectivity index (χ1n) is 8.91. The highest BCUT2D eigenvalue weighted by molar-refractivity contribution is 5.66. The minimum Gasteiger partial charge on any atom is -0.481 e. The number of carboxylic acid groups (broad SMARTS) is 1. The second-order valence-electron chi connectivity index (χ2n) is 5.56. The second kappa shape index (κ2) is 20.0. The van der Waals surface area contributed by atoms with E-state index in [1.807, 2.05) is 42.5 Å². The average Bonchev–Trinajstić information content (AvgIpc) is 2.60. The molecule has 0 aliphatic rings. The highest BCUT2D eigenvalue weighted by Crippen LogP contribution is 1.98. The van der Waals surface area contributed by atoms with Gasteiger partial charge in [0.2, 0.25) is 0 Å². The molecule has 0 rings (SSSR count). The van der Waals surface area contributed by atoms with Crippen LogP contribution in [0.2, 0.25) is 0 Å². The lowest BCUT2D eigenvalue weighted by Gasteiger charge is -1.98. The van der Waals surface area contributed by atoms with Gasteiger partial charge in [-0.3, -0.25) is 4.79 Å². The first-order chi connectivity index (χ1) is 12.6. The van der Waals surface area contributed by atoms with E-state index in [1.165, 1.54) is 0 Å². The lowest BCUT2D eigenvalue weighted by atomic mass is 10.2. The van der Waals surface area contributed by atoms with Crippen molar-refractivity contribution in [2.75, 3.05) is 0 Å². The van der Waals surface area contributed by atoms with E-state index in [9.17, 15) is 15.0 Å². The molecule has 0 saturated heterocycles. The Kier molecular flexibility index (Phi) is 19.9. The number of aliphatic hydroxyl groups excluding tert-OH is 2. The van der Waals surface area contributed by atoms with Crippen molar-refractivity contribution in [1.82, 2.24) is 0 Å². The number of hydrogen-bond acceptors (Lipinski definition) is 3. The summed E-state index contributed by atoms with van der Waals surface area (Å²) in [5, 5.41) is 27.8. The summed E-state index contributed by atoms with van der Waals surface area (Å²) >= 11 is 0. The molecule has 0 aromatic heterocycles. The fourth-order valence-corrected chi connectivity index (χ4v) is 1.76. The third kappa shape index (κ3) is 21.6. The molecular weight excluding hydrogens is 340 g/mol. The normalized spacial score (nSPS) is 14.0. The first-order valence-corrected chi connectivity index (χ1v) is 8.91. The second-order valence-corrected chi connectivity index (χ2v) is 5.56. The van der Waals surface area contributed by atoms with Crippen molar-refractivity contribution in [3.05, 3.63) is 60.8 Å². The van der Waals surface area contributed by atoms with Crippen LogP contribution in [0, 0.1) is 11.8 Å². The molecule has 4 heteroatoms. The highest BCUT2D eigenvalue weighted by Gasteiger charge is 1.94. The zero-order chi connectivity index (χ0) is 19.5. The maximum atomic E-state index is 10.3. The maximum absolute atomic E-state index is 10.3. The number of allylic oxidation sites excluding steroid dienone is 7. The molecule has 27 heavy (non-hydrogen) atoms. The zero-order valence-electron chi connectivity index (χ0n) is 15.4. The summed E-state index contributed by atoms with van der Waals surface area (Å²) < 4.78 is 0. The van der Waals surface area contributed by atoms with E-state index >= 15 is 0 Å². The molecule has 3 N–H and O–H groups in total. The van der Waals surface area contributed by atoms with Gasteiger partial charge in [0.15, 0.2) is 0 Å². The van der Waals surface area contributed by atoms with Crippen molar-refractivity contribution >= 4 is 5.97 Å². The van der Waals surface area contributed by atoms with E-state index in [4.69, 9.17) is 5.11 Å². The largest absolute Gasteiger partial charge is 0.481 e. The van der Waals surface area contributed by atoms with Gasteiger partial charge in [0.05, 0.1) is 18.6 Å². The van der Waals surface area contributed by atoms with Crippen LogP contribution in [0.1, 0.15) is 52.9 Å². The van der Waals surface area contributed by atoms with Crippen LogP contribution in [0.5, 0.6) is 0 Å². The monoisotopic (exact) mass is 374 g/mol. The van der Waals surface area contributed by atoms with Crippen LogP contribution in [-0.2, 0) is 4.79 Å². The molecule has 0 aliphatic carbocycles. The predicted octanol–water partition coefficient (Wildman–Crippen LogP) is 4.57. The van der Waals surface area contributed by atoms with Crippen molar-refractivity contribution in [1.29, 1.82) is 0 Å². The van der Waals surface area contributed by atoms with Gasteiger partial charge in [0.1, 0.15) is 0 Å². The molecule has 0 aromatic carbocycles. The molecule has 0 amide bonds. The van der Waals surface area contributed by atoms with Gasteiger partial charge in [-0.15, -0.1) is 11.8 Å². The number of rotatable bonds is 12. The SMILES string of the molecule is C.CC/C=C\C[C@H](O)/C=C/C=C\C/C=C\C=C\C(O)CC#CCCC(=O)O. The Hall–Kier alpha value is -2.35. The van der Waals surface area contributed by atoms with Crippen LogP contribution in [0.4, 0.5) is 0 Å². The minimum atomic E-state index is -0.866. The summed E-state index contributed by atoms with van der Waals surface area (Å²) in [4.78, 5) is 10.3. The van der Waals surface area contributed by atoms with E-state index in [0.717, 1.165) is 12.8 Å². The van der Waals surface area contributed by atoms with Crippen LogP contribution in [0.25, 0.3) is 0 Å². The smallest absolute Gasteiger partial charge is 0.304 e. The number of hydrogen-bond donors (Lipinski definition) is 3. The van der Waals surface area contributed by atoms with E-state index < -0.39 is 18.2 Å². The van der Waals surface area contributed by atoms with Crippen LogP contribution in [-0.4, -0.2) is 33.5 Å². The Morgan fingerprint density at radius 3 is 2.15 bits per heavy atom. The minimum absolute atomic E-state index is 0. The molecule has 0 heterocycles. The summed E-state index contributed by atoms with van der Waals surface area (Å²) in [6.07, 6.45) is 20.6. The summed E-state index contributed by atoms with van der Waals surface area (Å²) in [6, 6.07) is 0. The van der Waals surface area contributed by atoms with Gasteiger partial charge in [-0.2, -0.15) is 0 Å². The summed E-state index contributed by atoms with van der Waals surface area (Å²) in [5.41, 5.74) is 0. The summed E-state index contributed by atoms with van der Waals surface area (Å²) in [6.45, 7) is 2.06. The van der Waals surface area contributed by atoms with E-state index in [0.29, 0.717) is 19.3 Å². The van der Waals surface area contributed by atoms with E-state index in [2.05, 4.69) is 18.8 Å². The Balaban J connectivity index is 0. The molecule has 1 unspecified atom stereocenters. The maximum Gasteiger partial charge on any atom is 0.304 e. The third-order valence-electron chi connectivity index (χ3n) is 3.11. The Bertz CT molecular complexity index is 571. The number of aliphatic carboxylic acids is 1. The molecule has 0 aromatic rings. The average molecular weight is 375 g/mol. The third-order valence-corrected chi connectivity index (χ3v) is 3.11. The quantitative estimate of drug-likeness (QED) is 0.266. The number of carbonyl (C=O) groups is 1. The van der Waals surface area contributed by atoms with Gasteiger partial charge >= 0.3 is 5.97 Å². The summed E-state index contributed by atoms with van der Waals surface area (Å²) in [7, 11) is 0. The molecule has 2 atom stereocenters. The van der Waals surface area contributed by atoms with Gasteiger partial charge in [0, 0.05) is 12.8 Å². The van der Waals surface area contributed by atoms with Crippen molar-refractivity contribution in [2.24, 2.45) is 0 Å². The van der Waals surface area contributed by atoms with Crippen molar-refractivity contribution in [3.8, 4) is 11.8 Å². The van der Waals surface area contributed by atoms with Crippen LogP contribution < -0.4 is 0 Å². The molecule has 0 radical (unpaired) electrons. The highest BCUT2D eigenvalue weighted by atomic mass is 16.4. The molecule has 0 bridgehead atoms. The summed E-state index contributed by atoms with van der Waals surface area (Å²) in [5.74, 6) is 4.61. The Morgan fingerprint density at radius 1 is 0.926 bits per heavy atom. The molecule has 4 nitrogen and oxygen atoms in total.